The lowest BCUT2D eigenvalue weighted by Gasteiger charge is -2.23. The number of hydrogen-bond acceptors (Lipinski definition) is 7. The second-order valence-electron chi connectivity index (χ2n) is 7.83. The number of amides is 2. The molecule has 2 aliphatic heterocycles. The minimum Gasteiger partial charge on any atom is -0.618 e. The number of sulfonamides is 1. The molecule has 33 heavy (non-hydrogen) atoms. The van der Waals surface area contributed by atoms with Crippen molar-refractivity contribution in [1.29, 1.82) is 0 Å². The van der Waals surface area contributed by atoms with E-state index in [9.17, 15) is 28.0 Å². The molecule has 4 rings (SSSR count). The molecule has 2 aromatic rings. The second-order valence-corrected chi connectivity index (χ2v) is 9.67. The van der Waals surface area contributed by atoms with Crippen LogP contribution < -0.4 is 15.2 Å². The molecule has 2 fully saturated rings. The first kappa shape index (κ1) is 22.7. The lowest BCUT2D eigenvalue weighted by atomic mass is 10.1. The Labute approximate surface area is 190 Å². The van der Waals surface area contributed by atoms with E-state index in [0.717, 1.165) is 16.1 Å². The Hall–Kier alpha value is -3.51. The third-order valence-electron chi connectivity index (χ3n) is 5.83. The molecule has 2 amide bonds. The van der Waals surface area contributed by atoms with E-state index in [1.807, 2.05) is 0 Å². The molecule has 1 aromatic heterocycles. The van der Waals surface area contributed by atoms with E-state index in [0.29, 0.717) is 12.8 Å². The van der Waals surface area contributed by atoms with Crippen LogP contribution in [-0.4, -0.2) is 60.6 Å². The van der Waals surface area contributed by atoms with Crippen LogP contribution in [0.4, 0.5) is 4.79 Å². The van der Waals surface area contributed by atoms with Gasteiger partial charge in [-0.25, -0.2) is 13.2 Å². The summed E-state index contributed by atoms with van der Waals surface area (Å²) in [5, 5.41) is 11.5. The monoisotopic (exact) mass is 474 g/mol. The average Bonchev–Trinajstić information content (AvgIpc) is 3.34. The Bertz CT molecular complexity index is 1200. The van der Waals surface area contributed by atoms with Crippen LogP contribution in [0.15, 0.2) is 53.7 Å². The van der Waals surface area contributed by atoms with Gasteiger partial charge in [-0.2, -0.15) is 9.04 Å². The molecular weight excluding hydrogens is 452 g/mol. The first-order chi connectivity index (χ1) is 15.7. The summed E-state index contributed by atoms with van der Waals surface area (Å²) in [4.78, 5) is 37.8. The number of rotatable bonds is 6. The molecule has 12 heteroatoms. The number of nitrogens with zero attached hydrogens (tertiary/aromatic N) is 3. The van der Waals surface area contributed by atoms with E-state index in [1.165, 1.54) is 23.1 Å². The summed E-state index contributed by atoms with van der Waals surface area (Å²) < 4.78 is 32.1. The summed E-state index contributed by atoms with van der Waals surface area (Å²) in [7, 11) is -4.19. The standard InChI is InChI=1S/C21H22N4O7S/c22-21(28)32-15-7-4-14(5-8-15)6-9-18(27)23-12-10-16-20(23)17(26)13-25(16)33(30,31)19-3-1-2-11-24(19)29/h1-5,7-8,11,16,20H,6,9-10,12-13H2,(H2,22,28). The molecule has 2 atom stereocenters. The van der Waals surface area contributed by atoms with Crippen molar-refractivity contribution in [2.45, 2.75) is 36.4 Å². The number of carbonyl (C=O) groups is 3. The number of likely N-dealkylation sites (tertiary alicyclic amines) is 1. The van der Waals surface area contributed by atoms with Gasteiger partial charge in [0.15, 0.2) is 12.0 Å². The number of carbonyl (C=O) groups excluding carboxylic acids is 3. The molecule has 2 N–H and O–H groups in total. The van der Waals surface area contributed by atoms with Gasteiger partial charge in [0.2, 0.25) is 5.91 Å². The van der Waals surface area contributed by atoms with Crippen molar-refractivity contribution in [2.75, 3.05) is 13.1 Å². The highest BCUT2D eigenvalue weighted by atomic mass is 32.2. The van der Waals surface area contributed by atoms with Crippen LogP contribution >= 0.6 is 0 Å². The fourth-order valence-corrected chi connectivity index (χ4v) is 5.99. The Morgan fingerprint density at radius 3 is 2.58 bits per heavy atom. The van der Waals surface area contributed by atoms with Gasteiger partial charge in [0.05, 0.1) is 12.6 Å². The van der Waals surface area contributed by atoms with Crippen LogP contribution in [-0.2, 0) is 26.0 Å². The Kier molecular flexibility index (Phi) is 6.04. The molecule has 2 aliphatic rings. The highest BCUT2D eigenvalue weighted by Crippen LogP contribution is 2.33. The van der Waals surface area contributed by atoms with Gasteiger partial charge in [0, 0.05) is 25.1 Å². The molecule has 0 spiro atoms. The number of fused-ring (bicyclic) bond motifs is 1. The van der Waals surface area contributed by atoms with Crippen molar-refractivity contribution in [2.24, 2.45) is 5.73 Å². The second kappa shape index (κ2) is 8.79. The van der Waals surface area contributed by atoms with Crippen molar-refractivity contribution in [3.8, 4) is 5.75 Å². The van der Waals surface area contributed by atoms with E-state index in [-0.39, 0.29) is 41.7 Å². The van der Waals surface area contributed by atoms with Crippen molar-refractivity contribution in [1.82, 2.24) is 9.21 Å². The number of ether oxygens (including phenoxy) is 1. The Morgan fingerprint density at radius 2 is 1.91 bits per heavy atom. The van der Waals surface area contributed by atoms with E-state index in [2.05, 4.69) is 0 Å². The highest BCUT2D eigenvalue weighted by molar-refractivity contribution is 7.89. The maximum absolute atomic E-state index is 13.0. The number of nitrogens with two attached hydrogens (primary N) is 1. The largest absolute Gasteiger partial charge is 0.618 e. The van der Waals surface area contributed by atoms with Gasteiger partial charge in [0.1, 0.15) is 11.8 Å². The maximum Gasteiger partial charge on any atom is 0.409 e. The first-order valence-corrected chi connectivity index (χ1v) is 11.7. The number of benzene rings is 1. The summed E-state index contributed by atoms with van der Waals surface area (Å²) in [5.41, 5.74) is 5.79. The lowest BCUT2D eigenvalue weighted by molar-refractivity contribution is -0.646. The number of primary amides is 1. The molecule has 3 heterocycles. The maximum atomic E-state index is 13.0. The van der Waals surface area contributed by atoms with Crippen molar-refractivity contribution in [3.05, 3.63) is 59.4 Å². The number of aryl methyl sites for hydroxylation is 1. The zero-order valence-corrected chi connectivity index (χ0v) is 18.3. The molecule has 2 unspecified atom stereocenters. The molecule has 0 aliphatic carbocycles. The van der Waals surface area contributed by atoms with Gasteiger partial charge in [0.25, 0.3) is 0 Å². The predicted octanol–water partition coefficient (Wildman–Crippen LogP) is -0.0468. The molecule has 0 radical (unpaired) electrons. The summed E-state index contributed by atoms with van der Waals surface area (Å²) in [6, 6.07) is 9.01. The van der Waals surface area contributed by atoms with Gasteiger partial charge >= 0.3 is 21.1 Å². The third-order valence-corrected chi connectivity index (χ3v) is 7.69. The molecule has 174 valence electrons. The first-order valence-electron chi connectivity index (χ1n) is 10.3. The quantitative estimate of drug-likeness (QED) is 0.455. The zero-order chi connectivity index (χ0) is 23.8. The molecule has 0 bridgehead atoms. The van der Waals surface area contributed by atoms with Crippen LogP contribution in [0.5, 0.6) is 5.75 Å². The topological polar surface area (TPSA) is 154 Å². The van der Waals surface area contributed by atoms with E-state index in [4.69, 9.17) is 10.5 Å². The molecule has 11 nitrogen and oxygen atoms in total. The minimum atomic E-state index is -4.19. The fraction of sp³-hybridized carbons (Fsp3) is 0.333. The van der Waals surface area contributed by atoms with Gasteiger partial charge in [-0.1, -0.05) is 12.1 Å². The number of Topliss-reactive ketones (excluding diaryl/α,β-unsaturated/α-hetero) is 1. The van der Waals surface area contributed by atoms with Gasteiger partial charge in [-0.05, 0) is 36.6 Å². The zero-order valence-electron chi connectivity index (χ0n) is 17.5. The Balaban J connectivity index is 1.43. The van der Waals surface area contributed by atoms with Crippen LogP contribution in [0.1, 0.15) is 18.4 Å². The molecular formula is C21H22N4O7S. The number of aromatic nitrogens is 1. The average molecular weight is 474 g/mol. The Morgan fingerprint density at radius 1 is 1.18 bits per heavy atom. The van der Waals surface area contributed by atoms with Crippen LogP contribution in [0, 0.1) is 5.21 Å². The van der Waals surface area contributed by atoms with E-state index < -0.39 is 33.2 Å². The van der Waals surface area contributed by atoms with Crippen LogP contribution in [0.3, 0.4) is 0 Å². The minimum absolute atomic E-state index is 0.124. The normalized spacial score (nSPS) is 20.6. The van der Waals surface area contributed by atoms with Crippen molar-refractivity contribution < 1.29 is 32.3 Å². The van der Waals surface area contributed by atoms with Gasteiger partial charge in [-0.15, -0.1) is 0 Å². The van der Waals surface area contributed by atoms with E-state index >= 15 is 0 Å². The smallest absolute Gasteiger partial charge is 0.409 e. The van der Waals surface area contributed by atoms with Crippen molar-refractivity contribution >= 4 is 27.8 Å². The fourth-order valence-electron chi connectivity index (χ4n) is 4.34. The highest BCUT2D eigenvalue weighted by Gasteiger charge is 2.54. The molecule has 2 saturated heterocycles. The van der Waals surface area contributed by atoms with Crippen molar-refractivity contribution in [3.63, 3.8) is 0 Å². The summed E-state index contributed by atoms with van der Waals surface area (Å²) >= 11 is 0. The SMILES string of the molecule is NC(=O)Oc1ccc(CCC(=O)N2CCC3C2C(=O)CN3S(=O)(=O)c2cccc[n+]2[O-])cc1. The number of pyridine rings is 1. The summed E-state index contributed by atoms with van der Waals surface area (Å²) in [6.45, 7) is -0.124. The molecule has 0 saturated carbocycles. The predicted molar refractivity (Wildman–Crippen MR) is 113 cm³/mol. The summed E-state index contributed by atoms with van der Waals surface area (Å²) in [6.07, 6.45) is 0.987. The van der Waals surface area contributed by atoms with Gasteiger partial charge in [-0.3, -0.25) is 9.59 Å². The van der Waals surface area contributed by atoms with Crippen LogP contribution in [0.2, 0.25) is 0 Å². The van der Waals surface area contributed by atoms with Gasteiger partial charge < -0.3 is 20.6 Å². The van der Waals surface area contributed by atoms with E-state index in [1.54, 1.807) is 24.3 Å². The summed E-state index contributed by atoms with van der Waals surface area (Å²) in [5.74, 6) is -0.336. The third kappa shape index (κ3) is 4.39. The lowest BCUT2D eigenvalue weighted by Crippen LogP contribution is -2.45. The number of ketones is 1. The number of hydrogen-bond donors (Lipinski definition) is 1. The molecule has 1 aromatic carbocycles. The van der Waals surface area contributed by atoms with Crippen LogP contribution in [0.25, 0.3) is 0 Å².